The Morgan fingerprint density at radius 1 is 1.14 bits per heavy atom. The van der Waals surface area contributed by atoms with E-state index in [-0.39, 0.29) is 18.5 Å². The first-order chi connectivity index (χ1) is 13.5. The third-order valence-electron chi connectivity index (χ3n) is 5.15. The first-order valence-electron chi connectivity index (χ1n) is 9.18. The Morgan fingerprint density at radius 3 is 2.64 bits per heavy atom. The van der Waals surface area contributed by atoms with Crippen molar-refractivity contribution in [3.63, 3.8) is 0 Å². The zero-order valence-corrected chi connectivity index (χ0v) is 15.9. The molecule has 0 bridgehead atoms. The van der Waals surface area contributed by atoms with Gasteiger partial charge in [0, 0.05) is 12.4 Å². The predicted molar refractivity (Wildman–Crippen MR) is 104 cm³/mol. The predicted octanol–water partition coefficient (Wildman–Crippen LogP) is 2.79. The van der Waals surface area contributed by atoms with Crippen LogP contribution >= 0.6 is 0 Å². The van der Waals surface area contributed by atoms with Crippen molar-refractivity contribution in [3.8, 4) is 5.75 Å². The van der Waals surface area contributed by atoms with Crippen LogP contribution in [-0.2, 0) is 17.8 Å². The first-order valence-corrected chi connectivity index (χ1v) is 9.18. The van der Waals surface area contributed by atoms with Crippen molar-refractivity contribution in [3.05, 3.63) is 66.1 Å². The van der Waals surface area contributed by atoms with Gasteiger partial charge in [-0.3, -0.25) is 9.69 Å². The number of nitrogens with zero attached hydrogens (tertiary/aromatic N) is 3. The average molecular weight is 378 g/mol. The molecule has 1 aliphatic heterocycles. The summed E-state index contributed by atoms with van der Waals surface area (Å²) in [6, 6.07) is 13.0. The highest BCUT2D eigenvalue weighted by Gasteiger charge is 2.47. The number of methoxy groups -OCH3 is 1. The van der Waals surface area contributed by atoms with Crippen molar-refractivity contribution < 1.29 is 14.3 Å². The second-order valence-electron chi connectivity index (χ2n) is 7.20. The van der Waals surface area contributed by atoms with Crippen LogP contribution < -0.4 is 10.1 Å². The van der Waals surface area contributed by atoms with Gasteiger partial charge < -0.3 is 14.5 Å². The highest BCUT2D eigenvalue weighted by molar-refractivity contribution is 6.06. The van der Waals surface area contributed by atoms with Crippen LogP contribution in [0.4, 0.5) is 4.79 Å². The zero-order valence-electron chi connectivity index (χ0n) is 15.9. The zero-order chi connectivity index (χ0) is 19.7. The Kier molecular flexibility index (Phi) is 4.50. The van der Waals surface area contributed by atoms with E-state index in [4.69, 9.17) is 4.74 Å². The number of hydrogen-bond acceptors (Lipinski definition) is 4. The molecule has 7 heteroatoms. The molecule has 7 nitrogen and oxygen atoms in total. The molecule has 1 unspecified atom stereocenters. The average Bonchev–Trinajstić information content (AvgIpc) is 3.21. The van der Waals surface area contributed by atoms with Crippen molar-refractivity contribution in [1.82, 2.24) is 19.6 Å². The number of rotatable bonds is 6. The number of amides is 3. The molecule has 1 aliphatic rings. The molecule has 0 saturated carbocycles. The Morgan fingerprint density at radius 2 is 1.93 bits per heavy atom. The number of hydrogen-bond donors (Lipinski definition) is 1. The molecule has 28 heavy (non-hydrogen) atoms. The number of pyridine rings is 1. The SMILES string of the molecule is COc1ccc(CCC2(C)NC(=O)N(Cc3cn4ccccc4n3)C2=O)cc1. The highest BCUT2D eigenvalue weighted by Crippen LogP contribution is 2.25. The van der Waals surface area contributed by atoms with Gasteiger partial charge in [0.25, 0.3) is 5.91 Å². The van der Waals surface area contributed by atoms with Crippen molar-refractivity contribution in [2.24, 2.45) is 0 Å². The van der Waals surface area contributed by atoms with E-state index in [0.29, 0.717) is 18.5 Å². The summed E-state index contributed by atoms with van der Waals surface area (Å²) in [7, 11) is 1.63. The maximum absolute atomic E-state index is 13.0. The van der Waals surface area contributed by atoms with Crippen LogP contribution in [0.15, 0.2) is 54.9 Å². The maximum Gasteiger partial charge on any atom is 0.325 e. The number of imide groups is 1. The number of imidazole rings is 1. The number of urea groups is 1. The minimum Gasteiger partial charge on any atom is -0.497 e. The quantitative estimate of drug-likeness (QED) is 0.669. The third-order valence-corrected chi connectivity index (χ3v) is 5.15. The fourth-order valence-corrected chi connectivity index (χ4v) is 3.47. The van der Waals surface area contributed by atoms with Gasteiger partial charge in [0.2, 0.25) is 0 Å². The standard InChI is InChI=1S/C21H22N4O3/c1-21(11-10-15-6-8-17(28-2)9-7-15)19(26)25(20(27)23-21)14-16-13-24-12-4-3-5-18(24)22-16/h3-9,12-13H,10-11,14H2,1-2H3,(H,23,27). The summed E-state index contributed by atoms with van der Waals surface area (Å²) in [6.07, 6.45) is 4.92. The minimum absolute atomic E-state index is 0.157. The molecule has 0 radical (unpaired) electrons. The van der Waals surface area contributed by atoms with E-state index in [2.05, 4.69) is 10.3 Å². The lowest BCUT2D eigenvalue weighted by Crippen LogP contribution is -2.44. The Hall–Kier alpha value is -3.35. The van der Waals surface area contributed by atoms with Gasteiger partial charge in [-0.05, 0) is 49.6 Å². The molecule has 1 aromatic carbocycles. The molecule has 2 aromatic heterocycles. The van der Waals surface area contributed by atoms with Crippen LogP contribution in [0.25, 0.3) is 5.65 Å². The van der Waals surface area contributed by atoms with Gasteiger partial charge in [-0.15, -0.1) is 0 Å². The fraction of sp³-hybridized carbons (Fsp3) is 0.286. The van der Waals surface area contributed by atoms with Gasteiger partial charge in [0.05, 0.1) is 19.3 Å². The van der Waals surface area contributed by atoms with E-state index < -0.39 is 5.54 Å². The smallest absolute Gasteiger partial charge is 0.325 e. The topological polar surface area (TPSA) is 75.9 Å². The van der Waals surface area contributed by atoms with Gasteiger partial charge in [-0.1, -0.05) is 18.2 Å². The first kappa shape index (κ1) is 18.0. The van der Waals surface area contributed by atoms with E-state index in [9.17, 15) is 9.59 Å². The number of nitrogens with one attached hydrogen (secondary N) is 1. The Balaban J connectivity index is 1.45. The molecule has 3 amide bonds. The Labute approximate surface area is 162 Å². The van der Waals surface area contributed by atoms with Gasteiger partial charge in [-0.25, -0.2) is 9.78 Å². The fourth-order valence-electron chi connectivity index (χ4n) is 3.47. The molecule has 3 aromatic rings. The van der Waals surface area contributed by atoms with Crippen LogP contribution in [0.5, 0.6) is 5.75 Å². The summed E-state index contributed by atoms with van der Waals surface area (Å²) in [5.41, 5.74) is 1.62. The third kappa shape index (κ3) is 3.31. The van der Waals surface area contributed by atoms with Gasteiger partial charge in [-0.2, -0.15) is 0 Å². The van der Waals surface area contributed by atoms with Gasteiger partial charge >= 0.3 is 6.03 Å². The summed E-state index contributed by atoms with van der Waals surface area (Å²) in [5.74, 6) is 0.571. The lowest BCUT2D eigenvalue weighted by Gasteiger charge is -2.21. The molecule has 1 atom stereocenters. The van der Waals surface area contributed by atoms with Crippen LogP contribution in [0.2, 0.25) is 0 Å². The lowest BCUT2D eigenvalue weighted by atomic mass is 9.93. The van der Waals surface area contributed by atoms with Crippen molar-refractivity contribution in [1.29, 1.82) is 0 Å². The largest absolute Gasteiger partial charge is 0.497 e. The molecule has 144 valence electrons. The number of aromatic nitrogens is 2. The number of ether oxygens (including phenoxy) is 1. The van der Waals surface area contributed by atoms with E-state index in [1.165, 1.54) is 4.90 Å². The molecular weight excluding hydrogens is 356 g/mol. The normalized spacial score (nSPS) is 19.3. The Bertz CT molecular complexity index is 995. The number of benzene rings is 1. The summed E-state index contributed by atoms with van der Waals surface area (Å²) < 4.78 is 7.04. The molecule has 1 N–H and O–H groups in total. The monoisotopic (exact) mass is 378 g/mol. The number of fused-ring (bicyclic) bond motifs is 1. The molecule has 1 saturated heterocycles. The number of carbonyl (C=O) groups excluding carboxylic acids is 2. The molecule has 3 heterocycles. The van der Waals surface area contributed by atoms with Crippen molar-refractivity contribution in [2.45, 2.75) is 31.8 Å². The van der Waals surface area contributed by atoms with Crippen LogP contribution in [-0.4, -0.2) is 38.9 Å². The van der Waals surface area contributed by atoms with Crippen molar-refractivity contribution in [2.75, 3.05) is 7.11 Å². The molecule has 0 aliphatic carbocycles. The van der Waals surface area contributed by atoms with E-state index in [0.717, 1.165) is 17.0 Å². The summed E-state index contributed by atoms with van der Waals surface area (Å²) in [5, 5.41) is 2.86. The summed E-state index contributed by atoms with van der Waals surface area (Å²) >= 11 is 0. The highest BCUT2D eigenvalue weighted by atomic mass is 16.5. The minimum atomic E-state index is -0.920. The van der Waals surface area contributed by atoms with Gasteiger partial charge in [0.1, 0.15) is 16.9 Å². The van der Waals surface area contributed by atoms with E-state index in [1.54, 1.807) is 14.0 Å². The van der Waals surface area contributed by atoms with Gasteiger partial charge in [0.15, 0.2) is 0 Å². The number of carbonyl (C=O) groups is 2. The van der Waals surface area contributed by atoms with Crippen molar-refractivity contribution >= 4 is 17.6 Å². The second kappa shape index (κ2) is 6.99. The van der Waals surface area contributed by atoms with Crippen LogP contribution in [0.3, 0.4) is 0 Å². The summed E-state index contributed by atoms with van der Waals surface area (Å²) in [4.78, 5) is 31.2. The van der Waals surface area contributed by atoms with E-state index in [1.807, 2.05) is 59.3 Å². The number of aryl methyl sites for hydroxylation is 1. The second-order valence-corrected chi connectivity index (χ2v) is 7.20. The van der Waals surface area contributed by atoms with E-state index >= 15 is 0 Å². The van der Waals surface area contributed by atoms with Crippen LogP contribution in [0.1, 0.15) is 24.6 Å². The molecule has 4 rings (SSSR count). The molecule has 0 spiro atoms. The summed E-state index contributed by atoms with van der Waals surface area (Å²) in [6.45, 7) is 1.94. The molecule has 1 fully saturated rings. The maximum atomic E-state index is 13.0. The lowest BCUT2D eigenvalue weighted by molar-refractivity contribution is -0.131. The molecular formula is C21H22N4O3. The van der Waals surface area contributed by atoms with Crippen LogP contribution in [0, 0.1) is 0 Å².